The Labute approximate surface area is 119 Å². The van der Waals surface area contributed by atoms with E-state index in [-0.39, 0.29) is 10.6 Å². The zero-order chi connectivity index (χ0) is 14.5. The minimum Gasteiger partial charge on any atom is -0.370 e. The summed E-state index contributed by atoms with van der Waals surface area (Å²) in [4.78, 5) is 15.0. The molecule has 0 saturated heterocycles. The maximum Gasteiger partial charge on any atom is 0.311 e. The Hall–Kier alpha value is -1.85. The number of nitrogens with one attached hydrogen (secondary N) is 2. The van der Waals surface area contributed by atoms with E-state index in [1.807, 2.05) is 0 Å². The molecule has 0 spiro atoms. The first-order valence-electron chi connectivity index (χ1n) is 7.31. The van der Waals surface area contributed by atoms with E-state index >= 15 is 0 Å². The van der Waals surface area contributed by atoms with E-state index in [0.717, 1.165) is 25.8 Å². The highest BCUT2D eigenvalue weighted by Crippen LogP contribution is 2.38. The normalized spacial score (nSPS) is 20.5. The molecule has 2 rings (SSSR count). The van der Waals surface area contributed by atoms with Crippen LogP contribution < -0.4 is 10.6 Å². The van der Waals surface area contributed by atoms with Gasteiger partial charge in [0.15, 0.2) is 0 Å². The minimum atomic E-state index is -0.379. The van der Waals surface area contributed by atoms with Crippen molar-refractivity contribution in [2.45, 2.75) is 45.6 Å². The summed E-state index contributed by atoms with van der Waals surface area (Å²) in [6, 6.07) is 3.52. The van der Waals surface area contributed by atoms with Crippen molar-refractivity contribution < 1.29 is 4.92 Å². The number of nitro groups is 1. The lowest BCUT2D eigenvalue weighted by Crippen LogP contribution is -2.10. The molecule has 6 nitrogen and oxygen atoms in total. The highest BCUT2D eigenvalue weighted by atomic mass is 16.6. The molecule has 1 saturated carbocycles. The van der Waals surface area contributed by atoms with E-state index in [1.165, 1.54) is 12.5 Å². The van der Waals surface area contributed by atoms with Crippen LogP contribution in [-0.2, 0) is 0 Å². The Kier molecular flexibility index (Phi) is 4.76. The Morgan fingerprint density at radius 3 is 2.85 bits per heavy atom. The first kappa shape index (κ1) is 14.6. The van der Waals surface area contributed by atoms with Crippen LogP contribution in [0, 0.1) is 16.0 Å². The molecule has 1 aromatic heterocycles. The monoisotopic (exact) mass is 278 g/mol. The lowest BCUT2D eigenvalue weighted by Gasteiger charge is -2.09. The Morgan fingerprint density at radius 2 is 2.20 bits per heavy atom. The lowest BCUT2D eigenvalue weighted by molar-refractivity contribution is -0.384. The molecule has 0 aromatic carbocycles. The van der Waals surface area contributed by atoms with Crippen molar-refractivity contribution in [1.29, 1.82) is 0 Å². The van der Waals surface area contributed by atoms with Gasteiger partial charge in [-0.1, -0.05) is 20.3 Å². The van der Waals surface area contributed by atoms with Crippen molar-refractivity contribution in [2.75, 3.05) is 17.2 Å². The van der Waals surface area contributed by atoms with E-state index in [4.69, 9.17) is 0 Å². The SMILES string of the molecule is CCCNc1ccc([N+](=O)[O-])c(NC2CC2CCC)n1. The fraction of sp³-hybridized carbons (Fsp3) is 0.643. The van der Waals surface area contributed by atoms with Gasteiger partial charge in [0, 0.05) is 18.7 Å². The molecule has 2 atom stereocenters. The van der Waals surface area contributed by atoms with Crippen LogP contribution in [0.2, 0.25) is 0 Å². The number of pyridine rings is 1. The summed E-state index contributed by atoms with van der Waals surface area (Å²) >= 11 is 0. The van der Waals surface area contributed by atoms with E-state index in [0.29, 0.717) is 23.6 Å². The topological polar surface area (TPSA) is 80.1 Å². The van der Waals surface area contributed by atoms with Crippen molar-refractivity contribution in [3.63, 3.8) is 0 Å². The predicted molar refractivity (Wildman–Crippen MR) is 80.1 cm³/mol. The Bertz CT molecular complexity index is 478. The van der Waals surface area contributed by atoms with Crippen molar-refractivity contribution >= 4 is 17.3 Å². The second-order valence-electron chi connectivity index (χ2n) is 5.28. The summed E-state index contributed by atoms with van der Waals surface area (Å²) in [7, 11) is 0. The largest absolute Gasteiger partial charge is 0.370 e. The molecule has 2 N–H and O–H groups in total. The third kappa shape index (κ3) is 3.59. The summed E-state index contributed by atoms with van der Waals surface area (Å²) in [5.41, 5.74) is 0.0502. The van der Waals surface area contributed by atoms with Gasteiger partial charge >= 0.3 is 5.69 Å². The van der Waals surface area contributed by atoms with Crippen LogP contribution >= 0.6 is 0 Å². The van der Waals surface area contributed by atoms with Gasteiger partial charge in [0.25, 0.3) is 0 Å². The molecule has 1 fully saturated rings. The Balaban J connectivity index is 2.09. The molecule has 1 heterocycles. The van der Waals surface area contributed by atoms with Crippen molar-refractivity contribution in [1.82, 2.24) is 4.98 Å². The Morgan fingerprint density at radius 1 is 1.40 bits per heavy atom. The number of aromatic nitrogens is 1. The van der Waals surface area contributed by atoms with Crippen molar-refractivity contribution in [3.05, 3.63) is 22.2 Å². The number of anilines is 2. The first-order valence-corrected chi connectivity index (χ1v) is 7.31. The lowest BCUT2D eigenvalue weighted by atomic mass is 10.2. The third-order valence-electron chi connectivity index (χ3n) is 3.53. The van der Waals surface area contributed by atoms with Gasteiger partial charge < -0.3 is 10.6 Å². The fourth-order valence-corrected chi connectivity index (χ4v) is 2.35. The fourth-order valence-electron chi connectivity index (χ4n) is 2.35. The molecule has 0 radical (unpaired) electrons. The summed E-state index contributed by atoms with van der Waals surface area (Å²) in [5, 5.41) is 17.4. The molecule has 1 aliphatic carbocycles. The smallest absolute Gasteiger partial charge is 0.311 e. The van der Waals surface area contributed by atoms with Gasteiger partial charge in [-0.05, 0) is 31.2 Å². The van der Waals surface area contributed by atoms with E-state index in [2.05, 4.69) is 29.5 Å². The third-order valence-corrected chi connectivity index (χ3v) is 3.53. The number of hydrogen-bond acceptors (Lipinski definition) is 5. The maximum atomic E-state index is 11.1. The van der Waals surface area contributed by atoms with Gasteiger partial charge in [0.2, 0.25) is 5.82 Å². The van der Waals surface area contributed by atoms with Crippen molar-refractivity contribution in [2.24, 2.45) is 5.92 Å². The maximum absolute atomic E-state index is 11.1. The molecule has 20 heavy (non-hydrogen) atoms. The van der Waals surface area contributed by atoms with Gasteiger partial charge in [-0.15, -0.1) is 0 Å². The quantitative estimate of drug-likeness (QED) is 0.562. The highest BCUT2D eigenvalue weighted by molar-refractivity contribution is 5.61. The van der Waals surface area contributed by atoms with Crippen LogP contribution in [0.4, 0.5) is 17.3 Å². The van der Waals surface area contributed by atoms with Gasteiger partial charge in [-0.3, -0.25) is 10.1 Å². The van der Waals surface area contributed by atoms with Crippen molar-refractivity contribution in [3.8, 4) is 0 Å². The zero-order valence-corrected chi connectivity index (χ0v) is 12.1. The second-order valence-corrected chi connectivity index (χ2v) is 5.28. The molecule has 110 valence electrons. The average Bonchev–Trinajstić information content (AvgIpc) is 3.14. The summed E-state index contributed by atoms with van der Waals surface area (Å²) in [6.45, 7) is 5.04. The minimum absolute atomic E-state index is 0.0502. The van der Waals surface area contributed by atoms with Crippen LogP contribution in [0.15, 0.2) is 12.1 Å². The van der Waals surface area contributed by atoms with Crippen LogP contribution in [0.3, 0.4) is 0 Å². The molecular weight excluding hydrogens is 256 g/mol. The van der Waals surface area contributed by atoms with E-state index < -0.39 is 0 Å². The summed E-state index contributed by atoms with van der Waals surface area (Å²) in [6.07, 6.45) is 4.39. The molecular formula is C14H22N4O2. The number of rotatable bonds is 8. The van der Waals surface area contributed by atoms with Crippen LogP contribution in [0.1, 0.15) is 39.5 Å². The van der Waals surface area contributed by atoms with Gasteiger partial charge in [0.1, 0.15) is 5.82 Å². The van der Waals surface area contributed by atoms with Crippen LogP contribution in [0.25, 0.3) is 0 Å². The van der Waals surface area contributed by atoms with Gasteiger partial charge in [0.05, 0.1) is 4.92 Å². The first-order chi connectivity index (χ1) is 9.65. The van der Waals surface area contributed by atoms with Gasteiger partial charge in [-0.25, -0.2) is 4.98 Å². The predicted octanol–water partition coefficient (Wildman–Crippen LogP) is 3.41. The van der Waals surface area contributed by atoms with Gasteiger partial charge in [-0.2, -0.15) is 0 Å². The highest BCUT2D eigenvalue weighted by Gasteiger charge is 2.37. The molecule has 2 unspecified atom stereocenters. The zero-order valence-electron chi connectivity index (χ0n) is 12.1. The van der Waals surface area contributed by atoms with Crippen LogP contribution in [-0.4, -0.2) is 22.5 Å². The molecule has 0 bridgehead atoms. The molecule has 1 aromatic rings. The molecule has 1 aliphatic rings. The average molecular weight is 278 g/mol. The molecule has 0 amide bonds. The van der Waals surface area contributed by atoms with E-state index in [9.17, 15) is 10.1 Å². The number of hydrogen-bond donors (Lipinski definition) is 2. The van der Waals surface area contributed by atoms with Crippen LogP contribution in [0.5, 0.6) is 0 Å². The summed E-state index contributed by atoms with van der Waals surface area (Å²) < 4.78 is 0. The summed E-state index contributed by atoms with van der Waals surface area (Å²) in [5.74, 6) is 1.71. The van der Waals surface area contributed by atoms with E-state index in [1.54, 1.807) is 6.07 Å². The molecule has 6 heteroatoms. The standard InChI is InChI=1S/C14H22N4O2/c1-3-5-10-9-11(10)16-14-12(18(19)20)6-7-13(17-14)15-8-4-2/h6-7,10-11H,3-5,8-9H2,1-2H3,(H2,15,16,17). The number of nitrogens with zero attached hydrogens (tertiary/aromatic N) is 2. The second kappa shape index (κ2) is 6.54. The molecule has 0 aliphatic heterocycles.